The van der Waals surface area contributed by atoms with Gasteiger partial charge in [-0.15, -0.1) is 0 Å². The van der Waals surface area contributed by atoms with Crippen molar-refractivity contribution >= 4 is 27.3 Å². The summed E-state index contributed by atoms with van der Waals surface area (Å²) in [6.45, 7) is -1.52. The molecule has 0 saturated heterocycles. The molecule has 0 fully saturated rings. The van der Waals surface area contributed by atoms with Crippen LogP contribution in [-0.4, -0.2) is 33.0 Å². The Balaban J connectivity index is 1.71. The summed E-state index contributed by atoms with van der Waals surface area (Å²) >= 11 is 0. The van der Waals surface area contributed by atoms with E-state index in [1.807, 2.05) is 0 Å². The van der Waals surface area contributed by atoms with Gasteiger partial charge in [0.2, 0.25) is 0 Å². The zero-order valence-corrected chi connectivity index (χ0v) is 17.2. The van der Waals surface area contributed by atoms with Crippen molar-refractivity contribution in [3.8, 4) is 0 Å². The molecule has 2 aromatic carbocycles. The molecule has 0 aliphatic rings. The summed E-state index contributed by atoms with van der Waals surface area (Å²) < 4.78 is 67.3. The second-order valence-electron chi connectivity index (χ2n) is 6.64. The molecule has 0 bridgehead atoms. The van der Waals surface area contributed by atoms with Crippen LogP contribution in [-0.2, 0) is 15.6 Å². The van der Waals surface area contributed by atoms with Crippen molar-refractivity contribution in [2.24, 2.45) is 0 Å². The molecule has 0 saturated carbocycles. The van der Waals surface area contributed by atoms with E-state index in [2.05, 4.69) is 5.32 Å². The van der Waals surface area contributed by atoms with Crippen molar-refractivity contribution < 1.29 is 35.6 Å². The topological polar surface area (TPSA) is 105 Å². The van der Waals surface area contributed by atoms with Crippen LogP contribution < -0.4 is 10.6 Å². The van der Waals surface area contributed by atoms with Gasteiger partial charge in [0.15, 0.2) is 15.6 Å². The highest BCUT2D eigenvalue weighted by Gasteiger charge is 2.28. The molecule has 168 valence electrons. The summed E-state index contributed by atoms with van der Waals surface area (Å²) in [6, 6.07) is 15.8. The van der Waals surface area contributed by atoms with E-state index in [4.69, 9.17) is 4.42 Å². The molecular weight excluding hydrogens is 449 g/mol. The number of carbonyl (C=O) groups is 2. The van der Waals surface area contributed by atoms with Crippen molar-refractivity contribution in [1.82, 2.24) is 5.32 Å². The van der Waals surface area contributed by atoms with E-state index in [0.717, 1.165) is 0 Å². The number of sulfone groups is 1. The fourth-order valence-corrected chi connectivity index (χ4v) is 3.99. The van der Waals surface area contributed by atoms with Gasteiger partial charge in [-0.1, -0.05) is 30.3 Å². The Morgan fingerprint density at radius 1 is 0.875 bits per heavy atom. The second-order valence-corrected chi connectivity index (χ2v) is 8.63. The molecule has 0 unspecified atom stereocenters. The van der Waals surface area contributed by atoms with Crippen LogP contribution in [0.2, 0.25) is 0 Å². The van der Waals surface area contributed by atoms with Gasteiger partial charge in [-0.2, -0.15) is 13.2 Å². The molecule has 3 aromatic rings. The second kappa shape index (κ2) is 9.27. The maximum absolute atomic E-state index is 12.5. The van der Waals surface area contributed by atoms with Crippen LogP contribution in [0.3, 0.4) is 0 Å². The Labute approximate surface area is 181 Å². The molecule has 2 N–H and O–H groups in total. The quantitative estimate of drug-likeness (QED) is 0.551. The lowest BCUT2D eigenvalue weighted by Gasteiger charge is -2.12. The summed E-state index contributed by atoms with van der Waals surface area (Å²) in [7, 11) is -3.69. The number of alkyl halides is 3. The van der Waals surface area contributed by atoms with Crippen LogP contribution >= 0.6 is 0 Å². The smallest absolute Gasteiger partial charge is 0.405 e. The number of furan rings is 1. The number of carbonyl (C=O) groups excluding carboxylic acids is 2. The zero-order valence-electron chi connectivity index (χ0n) is 16.3. The minimum absolute atomic E-state index is 0.0233. The molecule has 11 heteroatoms. The number of anilines is 1. The zero-order chi connectivity index (χ0) is 23.4. The van der Waals surface area contributed by atoms with Gasteiger partial charge in [-0.05, 0) is 36.4 Å². The van der Waals surface area contributed by atoms with E-state index in [-0.39, 0.29) is 27.7 Å². The normalized spacial score (nSPS) is 11.7. The summed E-state index contributed by atoms with van der Waals surface area (Å²) in [6.07, 6.45) is -4.58. The van der Waals surface area contributed by atoms with Crippen LogP contribution in [0.5, 0.6) is 0 Å². The van der Waals surface area contributed by atoms with Crippen molar-refractivity contribution in [2.45, 2.75) is 16.8 Å². The standard InChI is InChI=1S/C21H17F3N2O5S/c22-21(23,24)13-25-19(27)16-8-4-5-9-17(16)26-20(28)18-11-10-14(31-18)12-32(29,30)15-6-2-1-3-7-15/h1-11H,12-13H2,(H,25,27)(H,26,28). The number of hydrogen-bond donors (Lipinski definition) is 2. The lowest BCUT2D eigenvalue weighted by molar-refractivity contribution is -0.123. The van der Waals surface area contributed by atoms with Crippen molar-refractivity contribution in [3.63, 3.8) is 0 Å². The van der Waals surface area contributed by atoms with Crippen molar-refractivity contribution in [3.05, 3.63) is 83.8 Å². The van der Waals surface area contributed by atoms with Gasteiger partial charge < -0.3 is 15.1 Å². The van der Waals surface area contributed by atoms with E-state index in [0.29, 0.717) is 0 Å². The van der Waals surface area contributed by atoms with Gasteiger partial charge in [-0.25, -0.2) is 8.42 Å². The number of amides is 2. The minimum Gasteiger partial charge on any atom is -0.455 e. The highest BCUT2D eigenvalue weighted by molar-refractivity contribution is 7.90. The third-order valence-corrected chi connectivity index (χ3v) is 5.84. The number of halogens is 3. The van der Waals surface area contributed by atoms with Crippen LogP contribution in [0.15, 0.2) is 76.0 Å². The molecule has 32 heavy (non-hydrogen) atoms. The lowest BCUT2D eigenvalue weighted by Crippen LogP contribution is -2.34. The van der Waals surface area contributed by atoms with Crippen molar-refractivity contribution in [1.29, 1.82) is 0 Å². The predicted octanol–water partition coefficient (Wildman–Crippen LogP) is 3.80. The molecule has 2 amide bonds. The molecular formula is C21H17F3N2O5S. The molecule has 3 rings (SSSR count). The van der Waals surface area contributed by atoms with Gasteiger partial charge >= 0.3 is 6.18 Å². The van der Waals surface area contributed by atoms with Crippen LogP contribution in [0, 0.1) is 0 Å². The van der Waals surface area contributed by atoms with Gasteiger partial charge in [-0.3, -0.25) is 9.59 Å². The van der Waals surface area contributed by atoms with Gasteiger partial charge in [0.05, 0.1) is 16.1 Å². The van der Waals surface area contributed by atoms with E-state index >= 15 is 0 Å². The Hall–Kier alpha value is -3.60. The molecule has 0 aliphatic heterocycles. The Morgan fingerprint density at radius 3 is 2.22 bits per heavy atom. The Bertz CT molecular complexity index is 1220. The number of hydrogen-bond acceptors (Lipinski definition) is 5. The summed E-state index contributed by atoms with van der Waals surface area (Å²) in [4.78, 5) is 24.7. The summed E-state index contributed by atoms with van der Waals surface area (Å²) in [5.41, 5.74) is -0.212. The first-order chi connectivity index (χ1) is 15.0. The number of para-hydroxylation sites is 1. The van der Waals surface area contributed by atoms with Crippen LogP contribution in [0.25, 0.3) is 0 Å². The first-order valence-electron chi connectivity index (χ1n) is 9.17. The molecule has 1 aromatic heterocycles. The highest BCUT2D eigenvalue weighted by Crippen LogP contribution is 2.21. The molecule has 0 spiro atoms. The largest absolute Gasteiger partial charge is 0.455 e. The van der Waals surface area contributed by atoms with E-state index < -0.39 is 40.1 Å². The number of benzene rings is 2. The highest BCUT2D eigenvalue weighted by atomic mass is 32.2. The maximum Gasteiger partial charge on any atom is 0.405 e. The fraction of sp³-hybridized carbons (Fsp3) is 0.143. The Morgan fingerprint density at radius 2 is 1.53 bits per heavy atom. The van der Waals surface area contributed by atoms with Gasteiger partial charge in [0, 0.05) is 0 Å². The number of nitrogens with one attached hydrogen (secondary N) is 2. The number of rotatable bonds is 7. The summed E-state index contributed by atoms with van der Waals surface area (Å²) in [5, 5.41) is 4.12. The SMILES string of the molecule is O=C(Nc1ccccc1C(=O)NCC(F)(F)F)c1ccc(CS(=O)(=O)c2ccccc2)o1. The maximum atomic E-state index is 12.5. The van der Waals surface area contributed by atoms with Crippen LogP contribution in [0.4, 0.5) is 18.9 Å². The van der Waals surface area contributed by atoms with Crippen molar-refractivity contribution in [2.75, 3.05) is 11.9 Å². The summed E-state index contributed by atoms with van der Waals surface area (Å²) in [5.74, 6) is -2.50. The Kier molecular flexibility index (Phi) is 6.68. The lowest BCUT2D eigenvalue weighted by atomic mass is 10.1. The molecule has 7 nitrogen and oxygen atoms in total. The van der Waals surface area contributed by atoms with Crippen LogP contribution in [0.1, 0.15) is 26.7 Å². The molecule has 1 heterocycles. The molecule has 0 aliphatic carbocycles. The van der Waals surface area contributed by atoms with E-state index in [9.17, 15) is 31.2 Å². The first-order valence-corrected chi connectivity index (χ1v) is 10.8. The third kappa shape index (κ3) is 5.97. The predicted molar refractivity (Wildman–Crippen MR) is 109 cm³/mol. The minimum atomic E-state index is -4.58. The monoisotopic (exact) mass is 466 g/mol. The first kappa shape index (κ1) is 23.1. The van der Waals surface area contributed by atoms with Gasteiger partial charge in [0.1, 0.15) is 18.1 Å². The van der Waals surface area contributed by atoms with E-state index in [1.165, 1.54) is 48.5 Å². The molecule has 0 atom stereocenters. The molecule has 0 radical (unpaired) electrons. The van der Waals surface area contributed by atoms with E-state index in [1.54, 1.807) is 23.5 Å². The third-order valence-electron chi connectivity index (χ3n) is 4.19. The van der Waals surface area contributed by atoms with Gasteiger partial charge in [0.25, 0.3) is 11.8 Å². The average molecular weight is 466 g/mol. The fourth-order valence-electron chi connectivity index (χ4n) is 2.73. The average Bonchev–Trinajstić information content (AvgIpc) is 3.20.